The van der Waals surface area contributed by atoms with Crippen molar-refractivity contribution in [2.75, 3.05) is 26.4 Å². The number of hydrogen-bond acceptors (Lipinski definition) is 4. The predicted molar refractivity (Wildman–Crippen MR) is 69.2 cm³/mol. The van der Waals surface area contributed by atoms with Crippen LogP contribution in [-0.2, 0) is 14.2 Å². The van der Waals surface area contributed by atoms with Gasteiger partial charge >= 0.3 is 6.16 Å². The van der Waals surface area contributed by atoms with E-state index in [9.17, 15) is 4.79 Å². The van der Waals surface area contributed by atoms with E-state index in [4.69, 9.17) is 9.47 Å². The minimum Gasteiger partial charge on any atom is -0.434 e. The van der Waals surface area contributed by atoms with Crippen LogP contribution in [0.15, 0.2) is 12.7 Å². The van der Waals surface area contributed by atoms with Crippen LogP contribution in [0.3, 0.4) is 0 Å². The third kappa shape index (κ3) is 20.9. The molecular weight excluding hydrogens is 220 g/mol. The van der Waals surface area contributed by atoms with Crippen molar-refractivity contribution in [3.05, 3.63) is 12.7 Å². The van der Waals surface area contributed by atoms with Gasteiger partial charge in [-0.05, 0) is 20.3 Å². The summed E-state index contributed by atoms with van der Waals surface area (Å²) in [5, 5.41) is 0. The molecule has 0 saturated carbocycles. The Labute approximate surface area is 105 Å². The summed E-state index contributed by atoms with van der Waals surface area (Å²) >= 11 is 0. The summed E-state index contributed by atoms with van der Waals surface area (Å²) in [4.78, 5) is 10.7. The fourth-order valence-electron chi connectivity index (χ4n) is 0.880. The van der Waals surface area contributed by atoms with Crippen LogP contribution < -0.4 is 0 Å². The van der Waals surface area contributed by atoms with Gasteiger partial charge in [0.15, 0.2) is 0 Å². The smallest absolute Gasteiger partial charge is 0.434 e. The molecule has 0 radical (unpaired) electrons. The van der Waals surface area contributed by atoms with Crippen LogP contribution in [0.4, 0.5) is 4.79 Å². The van der Waals surface area contributed by atoms with Gasteiger partial charge in [0, 0.05) is 13.2 Å². The summed E-state index contributed by atoms with van der Waals surface area (Å²) in [6.07, 6.45) is 4.00. The molecule has 0 unspecified atom stereocenters. The topological polar surface area (TPSA) is 44.8 Å². The fourth-order valence-corrected chi connectivity index (χ4v) is 0.880. The lowest BCUT2D eigenvalue weighted by atomic mass is 10.3. The number of hydrogen-bond donors (Lipinski definition) is 0. The summed E-state index contributed by atoms with van der Waals surface area (Å²) in [7, 11) is 0. The fraction of sp³-hybridized carbons (Fsp3) is 0.769. The zero-order valence-electron chi connectivity index (χ0n) is 11.4. The zero-order valence-corrected chi connectivity index (χ0v) is 11.4. The molecule has 4 heteroatoms. The van der Waals surface area contributed by atoms with Crippen molar-refractivity contribution in [1.29, 1.82) is 0 Å². The lowest BCUT2D eigenvalue weighted by Crippen LogP contribution is -2.08. The van der Waals surface area contributed by atoms with E-state index in [-0.39, 0.29) is 6.61 Å². The highest BCUT2D eigenvalue weighted by atomic mass is 16.7. The van der Waals surface area contributed by atoms with Crippen LogP contribution in [0.5, 0.6) is 0 Å². The molecule has 0 atom stereocenters. The Balaban J connectivity index is 0. The second kappa shape index (κ2) is 17.4. The maximum atomic E-state index is 10.7. The van der Waals surface area contributed by atoms with Crippen LogP contribution >= 0.6 is 0 Å². The molecular formula is C13H26O4. The quantitative estimate of drug-likeness (QED) is 0.373. The average Bonchev–Trinajstić information content (AvgIpc) is 2.34. The highest BCUT2D eigenvalue weighted by molar-refractivity contribution is 5.59. The van der Waals surface area contributed by atoms with E-state index in [2.05, 4.69) is 18.2 Å². The lowest BCUT2D eigenvalue weighted by Gasteiger charge is -2.02. The third-order valence-corrected chi connectivity index (χ3v) is 1.70. The van der Waals surface area contributed by atoms with Crippen molar-refractivity contribution < 1.29 is 19.0 Å². The Morgan fingerprint density at radius 3 is 2.18 bits per heavy atom. The van der Waals surface area contributed by atoms with Gasteiger partial charge in [0.2, 0.25) is 0 Å². The van der Waals surface area contributed by atoms with E-state index >= 15 is 0 Å². The van der Waals surface area contributed by atoms with Crippen molar-refractivity contribution in [1.82, 2.24) is 0 Å². The van der Waals surface area contributed by atoms with Crippen molar-refractivity contribution in [3.8, 4) is 0 Å². The molecule has 0 aromatic rings. The second-order valence-corrected chi connectivity index (χ2v) is 3.19. The Morgan fingerprint density at radius 2 is 1.76 bits per heavy atom. The molecule has 0 aromatic carbocycles. The molecule has 0 heterocycles. The van der Waals surface area contributed by atoms with Crippen molar-refractivity contribution in [2.45, 2.75) is 40.0 Å². The normalized spacial score (nSPS) is 8.88. The molecule has 0 fully saturated rings. The van der Waals surface area contributed by atoms with Crippen LogP contribution in [-0.4, -0.2) is 32.6 Å². The molecule has 0 bridgehead atoms. The van der Waals surface area contributed by atoms with Crippen LogP contribution in [0.2, 0.25) is 0 Å². The number of carbonyl (C=O) groups excluding carboxylic acids is 1. The summed E-state index contributed by atoms with van der Waals surface area (Å²) in [5.74, 6) is 0. The molecule has 0 aromatic heterocycles. The molecule has 0 saturated heterocycles. The summed E-state index contributed by atoms with van der Waals surface area (Å²) < 4.78 is 14.2. The van der Waals surface area contributed by atoms with E-state index in [1.807, 2.05) is 13.8 Å². The first-order valence-electron chi connectivity index (χ1n) is 6.20. The predicted octanol–water partition coefficient (Wildman–Crippen LogP) is 3.56. The Bertz CT molecular complexity index is 167. The Kier molecular flexibility index (Phi) is 18.7. The molecule has 0 rings (SSSR count). The first-order valence-corrected chi connectivity index (χ1v) is 6.20. The summed E-state index contributed by atoms with van der Waals surface area (Å²) in [6, 6.07) is 0. The van der Waals surface area contributed by atoms with Gasteiger partial charge in [-0.1, -0.05) is 32.4 Å². The van der Waals surface area contributed by atoms with Crippen LogP contribution in [0, 0.1) is 0 Å². The van der Waals surface area contributed by atoms with Gasteiger partial charge in [-0.15, -0.1) is 0 Å². The third-order valence-electron chi connectivity index (χ3n) is 1.70. The minimum absolute atomic E-state index is 0.215. The average molecular weight is 246 g/mol. The maximum Gasteiger partial charge on any atom is 0.508 e. The van der Waals surface area contributed by atoms with E-state index < -0.39 is 6.16 Å². The van der Waals surface area contributed by atoms with Crippen molar-refractivity contribution in [3.63, 3.8) is 0 Å². The first kappa shape index (κ1) is 18.3. The number of carbonyl (C=O) groups is 1. The van der Waals surface area contributed by atoms with E-state index in [0.717, 1.165) is 32.5 Å². The standard InChI is InChI=1S/C9H16O3.C4H10O/c1-3-5-6-8-12-9(10)11-7-4-2;1-3-5-4-2/h4H,2-3,5-8H2,1H3;3-4H2,1-2H3. The Hall–Kier alpha value is -1.03. The minimum atomic E-state index is -0.606. The number of rotatable bonds is 8. The molecule has 4 nitrogen and oxygen atoms in total. The van der Waals surface area contributed by atoms with Crippen LogP contribution in [0.25, 0.3) is 0 Å². The maximum absolute atomic E-state index is 10.7. The number of unbranched alkanes of at least 4 members (excludes halogenated alkanes) is 2. The molecule has 0 amide bonds. The SMILES string of the molecule is C=CCOC(=O)OCCCCC.CCOCC. The largest absolute Gasteiger partial charge is 0.508 e. The molecule has 0 aliphatic rings. The highest BCUT2D eigenvalue weighted by Crippen LogP contribution is 1.95. The molecule has 0 N–H and O–H groups in total. The molecule has 0 aliphatic carbocycles. The highest BCUT2D eigenvalue weighted by Gasteiger charge is 2.00. The lowest BCUT2D eigenvalue weighted by molar-refractivity contribution is 0.0621. The number of ether oxygens (including phenoxy) is 3. The molecule has 102 valence electrons. The molecule has 0 spiro atoms. The van der Waals surface area contributed by atoms with Gasteiger partial charge < -0.3 is 14.2 Å². The Morgan fingerprint density at radius 1 is 1.12 bits per heavy atom. The van der Waals surface area contributed by atoms with E-state index in [1.165, 1.54) is 6.08 Å². The van der Waals surface area contributed by atoms with Gasteiger partial charge in [-0.3, -0.25) is 0 Å². The van der Waals surface area contributed by atoms with Crippen LogP contribution in [0.1, 0.15) is 40.0 Å². The summed E-state index contributed by atoms with van der Waals surface area (Å²) in [5.41, 5.74) is 0. The van der Waals surface area contributed by atoms with Gasteiger partial charge in [-0.2, -0.15) is 0 Å². The van der Waals surface area contributed by atoms with Gasteiger partial charge in [0.05, 0.1) is 6.61 Å². The van der Waals surface area contributed by atoms with E-state index in [0.29, 0.717) is 6.61 Å². The zero-order chi connectivity index (χ0) is 13.4. The van der Waals surface area contributed by atoms with E-state index in [1.54, 1.807) is 0 Å². The second-order valence-electron chi connectivity index (χ2n) is 3.19. The first-order chi connectivity index (χ1) is 8.22. The van der Waals surface area contributed by atoms with Crippen molar-refractivity contribution >= 4 is 6.16 Å². The molecule has 0 aliphatic heterocycles. The van der Waals surface area contributed by atoms with Gasteiger partial charge in [-0.25, -0.2) is 4.79 Å². The summed E-state index contributed by atoms with van der Waals surface area (Å²) in [6.45, 7) is 11.8. The monoisotopic (exact) mass is 246 g/mol. The van der Waals surface area contributed by atoms with Gasteiger partial charge in [0.25, 0.3) is 0 Å². The molecule has 17 heavy (non-hydrogen) atoms. The van der Waals surface area contributed by atoms with Crippen molar-refractivity contribution in [2.24, 2.45) is 0 Å². The van der Waals surface area contributed by atoms with Gasteiger partial charge in [0.1, 0.15) is 6.61 Å².